The van der Waals surface area contributed by atoms with E-state index in [0.29, 0.717) is 6.54 Å². The molecule has 4 nitrogen and oxygen atoms in total. The van der Waals surface area contributed by atoms with Gasteiger partial charge in [0.1, 0.15) is 5.82 Å². The minimum atomic E-state index is -0.542. The summed E-state index contributed by atoms with van der Waals surface area (Å²) < 4.78 is 18.8. The number of carbonyl (C=O) groups excluding carboxylic acids is 2. The molecule has 0 saturated heterocycles. The van der Waals surface area contributed by atoms with Crippen LogP contribution >= 0.6 is 0 Å². The van der Waals surface area contributed by atoms with Crippen LogP contribution in [0.4, 0.5) is 4.39 Å². The summed E-state index contributed by atoms with van der Waals surface area (Å²) in [6.45, 7) is 2.40. The fourth-order valence-electron chi connectivity index (χ4n) is 3.10. The van der Waals surface area contributed by atoms with Gasteiger partial charge in [-0.25, -0.2) is 4.39 Å². The van der Waals surface area contributed by atoms with Gasteiger partial charge in [-0.3, -0.25) is 9.59 Å². The van der Waals surface area contributed by atoms with Gasteiger partial charge in [0, 0.05) is 13.1 Å². The largest absolute Gasteiger partial charge is 0.469 e. The van der Waals surface area contributed by atoms with Crippen molar-refractivity contribution in [3.8, 4) is 0 Å². The van der Waals surface area contributed by atoms with Crippen LogP contribution in [-0.4, -0.2) is 37.0 Å². The standard InChI is InChI=1S/C20H26FNO3/c1-15(20(24)25-2)14-22(13-12-16-8-4-3-5-9-16)19(23)17-10-6-7-11-18(17)21/h6-8,10-11,15H,3-5,9,12-14H2,1-2H3. The molecular weight excluding hydrogens is 321 g/mol. The van der Waals surface area contributed by atoms with Crippen molar-refractivity contribution in [3.05, 3.63) is 47.3 Å². The van der Waals surface area contributed by atoms with E-state index in [9.17, 15) is 14.0 Å². The molecule has 1 atom stereocenters. The third-order valence-corrected chi connectivity index (χ3v) is 4.58. The molecule has 1 aromatic rings. The molecule has 2 rings (SSSR count). The zero-order valence-electron chi connectivity index (χ0n) is 15.0. The number of rotatable bonds is 7. The molecule has 25 heavy (non-hydrogen) atoms. The number of methoxy groups -OCH3 is 1. The number of allylic oxidation sites excluding steroid dienone is 1. The smallest absolute Gasteiger partial charge is 0.310 e. The number of halogens is 1. The lowest BCUT2D eigenvalue weighted by atomic mass is 9.97. The van der Waals surface area contributed by atoms with Crippen LogP contribution in [0.1, 0.15) is 49.4 Å². The SMILES string of the molecule is COC(=O)C(C)CN(CCC1=CCCCC1)C(=O)c1ccccc1F. The van der Waals surface area contributed by atoms with Gasteiger partial charge in [0.2, 0.25) is 0 Å². The van der Waals surface area contributed by atoms with E-state index in [1.807, 2.05) is 0 Å². The zero-order valence-corrected chi connectivity index (χ0v) is 15.0. The van der Waals surface area contributed by atoms with Crippen molar-refractivity contribution in [1.29, 1.82) is 0 Å². The highest BCUT2D eigenvalue weighted by atomic mass is 19.1. The number of esters is 1. The van der Waals surface area contributed by atoms with Crippen molar-refractivity contribution in [3.63, 3.8) is 0 Å². The Morgan fingerprint density at radius 3 is 2.68 bits per heavy atom. The van der Waals surface area contributed by atoms with Crippen LogP contribution < -0.4 is 0 Å². The summed E-state index contributed by atoms with van der Waals surface area (Å²) in [6.07, 6.45) is 7.50. The summed E-state index contributed by atoms with van der Waals surface area (Å²) in [5.41, 5.74) is 1.38. The first-order chi connectivity index (χ1) is 12.0. The summed E-state index contributed by atoms with van der Waals surface area (Å²) >= 11 is 0. The highest BCUT2D eigenvalue weighted by Crippen LogP contribution is 2.21. The Kier molecular flexibility index (Phi) is 7.16. The number of amides is 1. The summed E-state index contributed by atoms with van der Waals surface area (Å²) in [6, 6.07) is 5.95. The highest BCUT2D eigenvalue weighted by Gasteiger charge is 2.24. The average Bonchev–Trinajstić information content (AvgIpc) is 2.64. The Hall–Kier alpha value is -2.17. The van der Waals surface area contributed by atoms with Crippen molar-refractivity contribution in [2.24, 2.45) is 5.92 Å². The second-order valence-electron chi connectivity index (χ2n) is 6.51. The number of benzene rings is 1. The molecule has 1 aromatic carbocycles. The average molecular weight is 347 g/mol. The maximum absolute atomic E-state index is 14.0. The lowest BCUT2D eigenvalue weighted by molar-refractivity contribution is -0.145. The van der Waals surface area contributed by atoms with Crippen LogP contribution in [0.2, 0.25) is 0 Å². The monoisotopic (exact) mass is 347 g/mol. The zero-order chi connectivity index (χ0) is 18.2. The van der Waals surface area contributed by atoms with Gasteiger partial charge in [-0.1, -0.05) is 30.7 Å². The fourth-order valence-corrected chi connectivity index (χ4v) is 3.10. The molecule has 0 radical (unpaired) electrons. The van der Waals surface area contributed by atoms with Crippen molar-refractivity contribution in [1.82, 2.24) is 4.90 Å². The van der Waals surface area contributed by atoms with Crippen LogP contribution in [0.25, 0.3) is 0 Å². The van der Waals surface area contributed by atoms with E-state index in [-0.39, 0.29) is 24.0 Å². The minimum absolute atomic E-state index is 0.0391. The molecule has 136 valence electrons. The van der Waals surface area contributed by atoms with E-state index in [1.54, 1.807) is 24.0 Å². The van der Waals surface area contributed by atoms with E-state index >= 15 is 0 Å². The molecular formula is C20H26FNO3. The van der Waals surface area contributed by atoms with E-state index in [1.165, 1.54) is 37.7 Å². The van der Waals surface area contributed by atoms with Crippen molar-refractivity contribution >= 4 is 11.9 Å². The summed E-state index contributed by atoms with van der Waals surface area (Å²) in [5.74, 6) is -1.75. The van der Waals surface area contributed by atoms with E-state index in [2.05, 4.69) is 6.08 Å². The third kappa shape index (κ3) is 5.41. The lowest BCUT2D eigenvalue weighted by Gasteiger charge is -2.26. The first-order valence-electron chi connectivity index (χ1n) is 8.82. The molecule has 0 spiro atoms. The first kappa shape index (κ1) is 19.2. The second-order valence-corrected chi connectivity index (χ2v) is 6.51. The van der Waals surface area contributed by atoms with Crippen LogP contribution in [-0.2, 0) is 9.53 Å². The third-order valence-electron chi connectivity index (χ3n) is 4.58. The molecule has 1 aliphatic rings. The Morgan fingerprint density at radius 1 is 1.28 bits per heavy atom. The molecule has 1 amide bonds. The van der Waals surface area contributed by atoms with E-state index in [4.69, 9.17) is 4.74 Å². The topological polar surface area (TPSA) is 46.6 Å². The molecule has 0 heterocycles. The minimum Gasteiger partial charge on any atom is -0.469 e. The van der Waals surface area contributed by atoms with Gasteiger partial charge >= 0.3 is 5.97 Å². The number of nitrogens with zero attached hydrogens (tertiary/aromatic N) is 1. The van der Waals surface area contributed by atoms with Crippen LogP contribution in [0.15, 0.2) is 35.9 Å². The molecule has 5 heteroatoms. The number of ether oxygens (including phenoxy) is 1. The van der Waals surface area contributed by atoms with Gasteiger partial charge in [0.15, 0.2) is 0 Å². The van der Waals surface area contributed by atoms with Gasteiger partial charge in [-0.15, -0.1) is 0 Å². The van der Waals surface area contributed by atoms with Gasteiger partial charge in [0.25, 0.3) is 5.91 Å². The molecule has 1 unspecified atom stereocenters. The summed E-state index contributed by atoms with van der Waals surface area (Å²) in [4.78, 5) is 26.1. The van der Waals surface area contributed by atoms with Crippen molar-refractivity contribution in [2.75, 3.05) is 20.2 Å². The number of carbonyl (C=O) groups is 2. The van der Waals surface area contributed by atoms with E-state index in [0.717, 1.165) is 19.3 Å². The predicted octanol–water partition coefficient (Wildman–Crippen LogP) is 3.97. The Morgan fingerprint density at radius 2 is 2.04 bits per heavy atom. The number of hydrogen-bond acceptors (Lipinski definition) is 3. The molecule has 0 bridgehead atoms. The highest BCUT2D eigenvalue weighted by molar-refractivity contribution is 5.94. The maximum atomic E-state index is 14.0. The molecule has 0 fully saturated rings. The van der Waals surface area contributed by atoms with Crippen LogP contribution in [0.3, 0.4) is 0 Å². The second kappa shape index (κ2) is 9.35. The van der Waals surface area contributed by atoms with Gasteiger partial charge in [-0.05, 0) is 44.2 Å². The van der Waals surface area contributed by atoms with E-state index < -0.39 is 11.7 Å². The molecule has 0 saturated carbocycles. The summed E-state index contributed by atoms with van der Waals surface area (Å²) in [5, 5.41) is 0. The molecule has 0 aromatic heterocycles. The van der Waals surface area contributed by atoms with Crippen molar-refractivity contribution in [2.45, 2.75) is 39.0 Å². The van der Waals surface area contributed by atoms with Gasteiger partial charge in [-0.2, -0.15) is 0 Å². The van der Waals surface area contributed by atoms with Gasteiger partial charge < -0.3 is 9.64 Å². The Balaban J connectivity index is 2.12. The normalized spacial score (nSPS) is 15.2. The molecule has 0 aliphatic heterocycles. The Labute approximate surface area is 148 Å². The first-order valence-corrected chi connectivity index (χ1v) is 8.82. The maximum Gasteiger partial charge on any atom is 0.310 e. The van der Waals surface area contributed by atoms with Crippen LogP contribution in [0, 0.1) is 11.7 Å². The molecule has 1 aliphatic carbocycles. The molecule has 0 N–H and O–H groups in total. The fraction of sp³-hybridized carbons (Fsp3) is 0.500. The van der Waals surface area contributed by atoms with Crippen LogP contribution in [0.5, 0.6) is 0 Å². The quantitative estimate of drug-likeness (QED) is 0.554. The van der Waals surface area contributed by atoms with Gasteiger partial charge in [0.05, 0.1) is 18.6 Å². The summed E-state index contributed by atoms with van der Waals surface area (Å²) in [7, 11) is 1.33. The Bertz CT molecular complexity index is 642. The number of hydrogen-bond donors (Lipinski definition) is 0. The predicted molar refractivity (Wildman–Crippen MR) is 94.7 cm³/mol. The lowest BCUT2D eigenvalue weighted by Crippen LogP contribution is -2.38. The van der Waals surface area contributed by atoms with Crippen molar-refractivity contribution < 1.29 is 18.7 Å².